The maximum Gasteiger partial charge on any atom is 0.232 e. The van der Waals surface area contributed by atoms with Crippen LogP contribution < -0.4 is 9.62 Å². The van der Waals surface area contributed by atoms with Crippen molar-refractivity contribution in [2.24, 2.45) is 5.92 Å². The van der Waals surface area contributed by atoms with Crippen molar-refractivity contribution in [1.29, 1.82) is 0 Å². The average Bonchev–Trinajstić information content (AvgIpc) is 2.57. The molecule has 0 heterocycles. The van der Waals surface area contributed by atoms with Gasteiger partial charge in [0.25, 0.3) is 0 Å². The van der Waals surface area contributed by atoms with E-state index in [4.69, 9.17) is 11.6 Å². The van der Waals surface area contributed by atoms with E-state index < -0.39 is 10.0 Å². The molecule has 0 radical (unpaired) electrons. The number of carbonyl (C=O) groups excluding carboxylic acids is 1. The number of hydrogen-bond acceptors (Lipinski definition) is 3. The van der Waals surface area contributed by atoms with Crippen LogP contribution in [-0.2, 0) is 14.8 Å². The quantitative estimate of drug-likeness (QED) is 0.569. The topological polar surface area (TPSA) is 66.5 Å². The molecule has 5 nitrogen and oxygen atoms in total. The third-order valence-electron chi connectivity index (χ3n) is 4.39. The highest BCUT2D eigenvalue weighted by Gasteiger charge is 2.18. The van der Waals surface area contributed by atoms with Gasteiger partial charge < -0.3 is 5.32 Å². The lowest BCUT2D eigenvalue weighted by atomic mass is 9.99. The molecule has 1 amide bonds. The molecule has 0 bridgehead atoms. The molecule has 0 aliphatic heterocycles. The normalized spacial score (nSPS) is 12.6. The van der Waals surface area contributed by atoms with Gasteiger partial charge in [0, 0.05) is 24.5 Å². The predicted molar refractivity (Wildman–Crippen MR) is 109 cm³/mol. The zero-order chi connectivity index (χ0) is 19.6. The van der Waals surface area contributed by atoms with Gasteiger partial charge in [0.15, 0.2) is 0 Å². The van der Waals surface area contributed by atoms with Crippen LogP contribution in [0.3, 0.4) is 0 Å². The second-order valence-electron chi connectivity index (χ2n) is 6.64. The van der Waals surface area contributed by atoms with E-state index in [0.717, 1.165) is 25.5 Å². The zero-order valence-electron chi connectivity index (χ0n) is 16.0. The lowest BCUT2D eigenvalue weighted by molar-refractivity contribution is -0.121. The number of amides is 1. The Kier molecular flexibility index (Phi) is 10.0. The van der Waals surface area contributed by atoms with Crippen molar-refractivity contribution in [1.82, 2.24) is 5.32 Å². The minimum Gasteiger partial charge on any atom is -0.356 e. The number of hydrogen-bond donors (Lipinski definition) is 1. The van der Waals surface area contributed by atoms with Crippen molar-refractivity contribution < 1.29 is 13.2 Å². The Morgan fingerprint density at radius 3 is 2.58 bits per heavy atom. The number of nitrogens with zero attached hydrogens (tertiary/aromatic N) is 1. The number of carbonyl (C=O) groups is 1. The molecule has 148 valence electrons. The Morgan fingerprint density at radius 1 is 1.27 bits per heavy atom. The van der Waals surface area contributed by atoms with Gasteiger partial charge in [0.05, 0.1) is 11.9 Å². The largest absolute Gasteiger partial charge is 0.356 e. The Hall–Kier alpha value is -1.27. The molecule has 1 unspecified atom stereocenters. The summed E-state index contributed by atoms with van der Waals surface area (Å²) in [6, 6.07) is 6.72. The lowest BCUT2D eigenvalue weighted by Gasteiger charge is -2.22. The Bertz CT molecular complexity index is 665. The van der Waals surface area contributed by atoms with Gasteiger partial charge in [-0.3, -0.25) is 9.10 Å². The molecule has 0 aromatic heterocycles. The Labute approximate surface area is 163 Å². The minimum atomic E-state index is -3.43. The first-order valence-electron chi connectivity index (χ1n) is 9.27. The number of benzene rings is 1. The van der Waals surface area contributed by atoms with Crippen molar-refractivity contribution in [2.75, 3.05) is 23.7 Å². The van der Waals surface area contributed by atoms with Gasteiger partial charge in [-0.1, -0.05) is 50.8 Å². The standard InChI is InChI=1S/C19H31ClN2O3S/c1-4-6-9-16(5-2)15-21-19(23)12-8-13-22(26(3,24)25)18-11-7-10-17(20)14-18/h7,10-11,14,16H,4-6,8-9,12-13,15H2,1-3H3,(H,21,23). The van der Waals surface area contributed by atoms with Crippen molar-refractivity contribution in [3.8, 4) is 0 Å². The van der Waals surface area contributed by atoms with Crippen molar-refractivity contribution in [3.05, 3.63) is 29.3 Å². The molecule has 1 N–H and O–H groups in total. The molecule has 0 aliphatic rings. The molecule has 0 fully saturated rings. The second-order valence-corrected chi connectivity index (χ2v) is 8.98. The number of rotatable bonds is 12. The summed E-state index contributed by atoms with van der Waals surface area (Å²) in [5.41, 5.74) is 0.519. The third kappa shape index (κ3) is 8.41. The maximum atomic E-state index is 12.1. The smallest absolute Gasteiger partial charge is 0.232 e. The Balaban J connectivity index is 2.51. The highest BCUT2D eigenvalue weighted by atomic mass is 35.5. The summed E-state index contributed by atoms with van der Waals surface area (Å²) >= 11 is 5.96. The number of unbranched alkanes of at least 4 members (excludes halogenated alkanes) is 1. The molecule has 0 saturated carbocycles. The van der Waals surface area contributed by atoms with Crippen LogP contribution in [0.4, 0.5) is 5.69 Å². The summed E-state index contributed by atoms with van der Waals surface area (Å²) in [6.45, 7) is 5.25. The average molecular weight is 403 g/mol. The van der Waals surface area contributed by atoms with Crippen molar-refractivity contribution in [2.45, 2.75) is 52.4 Å². The number of nitrogens with one attached hydrogen (secondary N) is 1. The van der Waals surface area contributed by atoms with Crippen LogP contribution in [0.25, 0.3) is 0 Å². The fraction of sp³-hybridized carbons (Fsp3) is 0.632. The fourth-order valence-corrected chi connectivity index (χ4v) is 3.93. The zero-order valence-corrected chi connectivity index (χ0v) is 17.6. The lowest BCUT2D eigenvalue weighted by Crippen LogP contribution is -2.33. The van der Waals surface area contributed by atoms with Crippen LogP contribution in [0, 0.1) is 5.92 Å². The molecular formula is C19H31ClN2O3S. The maximum absolute atomic E-state index is 12.1. The molecule has 0 saturated heterocycles. The monoisotopic (exact) mass is 402 g/mol. The van der Waals surface area contributed by atoms with Gasteiger partial charge in [-0.15, -0.1) is 0 Å². The van der Waals surface area contributed by atoms with Gasteiger partial charge in [-0.2, -0.15) is 0 Å². The molecule has 0 spiro atoms. The van der Waals surface area contributed by atoms with E-state index in [-0.39, 0.29) is 12.5 Å². The third-order valence-corrected chi connectivity index (χ3v) is 5.82. The summed E-state index contributed by atoms with van der Waals surface area (Å²) < 4.78 is 25.4. The van der Waals surface area contributed by atoms with E-state index in [0.29, 0.717) is 36.0 Å². The van der Waals surface area contributed by atoms with Gasteiger partial charge in [0.2, 0.25) is 15.9 Å². The van der Waals surface area contributed by atoms with E-state index in [2.05, 4.69) is 19.2 Å². The molecule has 1 rings (SSSR count). The molecule has 0 aliphatic carbocycles. The van der Waals surface area contributed by atoms with Crippen LogP contribution in [0.2, 0.25) is 5.02 Å². The van der Waals surface area contributed by atoms with Crippen molar-refractivity contribution >= 4 is 33.2 Å². The van der Waals surface area contributed by atoms with Crippen LogP contribution in [0.5, 0.6) is 0 Å². The summed E-state index contributed by atoms with van der Waals surface area (Å²) in [5.74, 6) is 0.484. The predicted octanol–water partition coefficient (Wildman–Crippen LogP) is 4.22. The van der Waals surface area contributed by atoms with Crippen LogP contribution in [0.1, 0.15) is 52.4 Å². The Morgan fingerprint density at radius 2 is 2.00 bits per heavy atom. The van der Waals surface area contributed by atoms with E-state index in [1.807, 2.05) is 0 Å². The molecule has 1 aromatic carbocycles. The second kappa shape index (κ2) is 11.4. The molecule has 26 heavy (non-hydrogen) atoms. The van der Waals surface area contributed by atoms with Gasteiger partial charge in [0.1, 0.15) is 0 Å². The van der Waals surface area contributed by atoms with Crippen LogP contribution in [-0.4, -0.2) is 33.7 Å². The first-order chi connectivity index (χ1) is 12.3. The van der Waals surface area contributed by atoms with Crippen LogP contribution >= 0.6 is 11.6 Å². The first-order valence-corrected chi connectivity index (χ1v) is 11.5. The number of anilines is 1. The van der Waals surface area contributed by atoms with Gasteiger partial charge >= 0.3 is 0 Å². The van der Waals surface area contributed by atoms with E-state index in [9.17, 15) is 13.2 Å². The van der Waals surface area contributed by atoms with Crippen molar-refractivity contribution in [3.63, 3.8) is 0 Å². The highest BCUT2D eigenvalue weighted by molar-refractivity contribution is 7.92. The van der Waals surface area contributed by atoms with E-state index in [1.54, 1.807) is 24.3 Å². The van der Waals surface area contributed by atoms with Gasteiger partial charge in [-0.05, 0) is 37.0 Å². The van der Waals surface area contributed by atoms with E-state index in [1.165, 1.54) is 10.7 Å². The summed E-state index contributed by atoms with van der Waals surface area (Å²) in [4.78, 5) is 12.1. The summed E-state index contributed by atoms with van der Waals surface area (Å²) in [6.07, 6.45) is 6.44. The SMILES string of the molecule is CCCCC(CC)CNC(=O)CCCN(c1cccc(Cl)c1)S(C)(=O)=O. The molecule has 1 atom stereocenters. The first kappa shape index (κ1) is 22.8. The number of halogens is 1. The fourth-order valence-electron chi connectivity index (χ4n) is 2.79. The van der Waals surface area contributed by atoms with E-state index >= 15 is 0 Å². The molecule has 7 heteroatoms. The van der Waals surface area contributed by atoms with Gasteiger partial charge in [-0.25, -0.2) is 8.42 Å². The minimum absolute atomic E-state index is 0.0282. The van der Waals surface area contributed by atoms with Crippen LogP contribution in [0.15, 0.2) is 24.3 Å². The number of sulfonamides is 1. The summed E-state index contributed by atoms with van der Waals surface area (Å²) in [5, 5.41) is 3.45. The summed E-state index contributed by atoms with van der Waals surface area (Å²) in [7, 11) is -3.43. The molecular weight excluding hydrogens is 372 g/mol. The molecule has 1 aromatic rings. The highest BCUT2D eigenvalue weighted by Crippen LogP contribution is 2.22.